The number of hydrogen-bond acceptors (Lipinski definition) is 6. The van der Waals surface area contributed by atoms with Gasteiger partial charge in [-0.25, -0.2) is 4.98 Å². The molecule has 0 saturated carbocycles. The predicted octanol–water partition coefficient (Wildman–Crippen LogP) is 1.84. The van der Waals surface area contributed by atoms with Gasteiger partial charge < -0.3 is 9.87 Å². The molecule has 2 aromatic heterocycles. The van der Waals surface area contributed by atoms with E-state index in [-0.39, 0.29) is 10.7 Å². The molecular weight excluding hydrogens is 274 g/mol. The first kappa shape index (κ1) is 14.5. The van der Waals surface area contributed by atoms with E-state index in [9.17, 15) is 4.55 Å². The lowest BCUT2D eigenvalue weighted by molar-refractivity contribution is 0.592. The van der Waals surface area contributed by atoms with Crippen molar-refractivity contribution >= 4 is 27.9 Å². The topological polar surface area (TPSA) is 97.5 Å². The van der Waals surface area contributed by atoms with Crippen molar-refractivity contribution in [3.05, 3.63) is 18.0 Å². The average molecular weight is 289 g/mol. The zero-order valence-corrected chi connectivity index (χ0v) is 12.6. The summed E-state index contributed by atoms with van der Waals surface area (Å²) in [6.07, 6.45) is 3.09. The quantitative estimate of drug-likeness (QED) is 0.669. The van der Waals surface area contributed by atoms with Gasteiger partial charge in [0, 0.05) is 28.3 Å². The summed E-state index contributed by atoms with van der Waals surface area (Å²) in [6.45, 7) is 5.96. The molecule has 7 heteroatoms. The van der Waals surface area contributed by atoms with Crippen LogP contribution in [0.5, 0.6) is 0 Å². The minimum atomic E-state index is -1.27. The maximum absolute atomic E-state index is 11.5. The summed E-state index contributed by atoms with van der Waals surface area (Å²) in [5.41, 5.74) is 0.627. The maximum atomic E-state index is 11.5. The van der Waals surface area contributed by atoms with E-state index in [4.69, 9.17) is 5.26 Å². The van der Waals surface area contributed by atoms with Crippen LogP contribution in [0.1, 0.15) is 26.5 Å². The van der Waals surface area contributed by atoms with Crippen molar-refractivity contribution in [3.63, 3.8) is 0 Å². The Morgan fingerprint density at radius 1 is 1.35 bits per heavy atom. The van der Waals surface area contributed by atoms with Crippen molar-refractivity contribution < 1.29 is 4.55 Å². The van der Waals surface area contributed by atoms with Gasteiger partial charge in [-0.2, -0.15) is 15.2 Å². The first-order chi connectivity index (χ1) is 9.30. The number of anilines is 1. The van der Waals surface area contributed by atoms with Gasteiger partial charge in [-0.05, 0) is 26.8 Å². The fourth-order valence-electron chi connectivity index (χ4n) is 1.66. The Hall–Kier alpha value is -1.91. The lowest BCUT2D eigenvalue weighted by Gasteiger charge is -2.22. The molecular formula is C13H15N5OS. The third-order valence-electron chi connectivity index (χ3n) is 2.41. The Balaban J connectivity index is 2.67. The van der Waals surface area contributed by atoms with E-state index in [0.717, 1.165) is 0 Å². The molecule has 0 fully saturated rings. The number of nitrogens with zero attached hydrogens (tertiary/aromatic N) is 4. The largest absolute Gasteiger partial charge is 0.609 e. The zero-order valence-electron chi connectivity index (χ0n) is 11.8. The Bertz CT molecular complexity index is 687. The van der Waals surface area contributed by atoms with Crippen LogP contribution in [0.2, 0.25) is 0 Å². The summed E-state index contributed by atoms with van der Waals surface area (Å²) >= 11 is -1.27. The smallest absolute Gasteiger partial charge is 0.343 e. The van der Waals surface area contributed by atoms with Crippen molar-refractivity contribution in [2.45, 2.75) is 31.5 Å². The van der Waals surface area contributed by atoms with Gasteiger partial charge in [0.1, 0.15) is 23.5 Å². The molecule has 1 unspecified atom stereocenters. The van der Waals surface area contributed by atoms with Crippen LogP contribution in [0.25, 0.3) is 10.9 Å². The molecule has 20 heavy (non-hydrogen) atoms. The van der Waals surface area contributed by atoms with Gasteiger partial charge in [0.25, 0.3) is 0 Å². The van der Waals surface area contributed by atoms with E-state index in [0.29, 0.717) is 22.4 Å². The number of pyridine rings is 1. The Morgan fingerprint density at radius 3 is 2.60 bits per heavy atom. The standard InChI is InChI=1S/C13H15N5OS/c1-13(2,3)18-11-10-8(5-9(6-14)16-11)7-15-12(17-10)20(4)19/h5,7H,1-4H3,(H,16,18). The molecule has 2 rings (SSSR count). The van der Waals surface area contributed by atoms with Gasteiger partial charge in [-0.15, -0.1) is 0 Å². The van der Waals surface area contributed by atoms with Crippen LogP contribution in [0.3, 0.4) is 0 Å². The van der Waals surface area contributed by atoms with Gasteiger partial charge in [0.05, 0.1) is 0 Å². The number of hydrogen-bond donors (Lipinski definition) is 1. The van der Waals surface area contributed by atoms with Crippen LogP contribution in [0.4, 0.5) is 5.82 Å². The van der Waals surface area contributed by atoms with Gasteiger partial charge in [-0.1, -0.05) is 0 Å². The molecule has 0 aliphatic carbocycles. The van der Waals surface area contributed by atoms with Crippen LogP contribution in [0.15, 0.2) is 17.4 Å². The summed E-state index contributed by atoms with van der Waals surface area (Å²) in [5.74, 6) is 0.501. The molecule has 0 aliphatic rings. The molecule has 1 N–H and O–H groups in total. The van der Waals surface area contributed by atoms with Crippen LogP contribution in [0, 0.1) is 11.3 Å². The summed E-state index contributed by atoms with van der Waals surface area (Å²) in [4.78, 5) is 12.6. The Morgan fingerprint density at radius 2 is 2.05 bits per heavy atom. The normalized spacial score (nSPS) is 13.0. The van der Waals surface area contributed by atoms with Crippen LogP contribution in [-0.2, 0) is 11.2 Å². The SMILES string of the molecule is C[S+]([O-])c1ncc2cc(C#N)nc(NC(C)(C)C)c2n1. The van der Waals surface area contributed by atoms with E-state index >= 15 is 0 Å². The van der Waals surface area contributed by atoms with Crippen molar-refractivity contribution in [3.8, 4) is 6.07 Å². The molecule has 0 amide bonds. The van der Waals surface area contributed by atoms with Crippen LogP contribution < -0.4 is 5.32 Å². The third-order valence-corrected chi connectivity index (χ3v) is 3.12. The van der Waals surface area contributed by atoms with Crippen LogP contribution in [-0.4, -0.2) is 31.3 Å². The lowest BCUT2D eigenvalue weighted by Crippen LogP contribution is -2.27. The van der Waals surface area contributed by atoms with E-state index in [1.54, 1.807) is 12.3 Å². The van der Waals surface area contributed by atoms with E-state index in [1.807, 2.05) is 26.8 Å². The average Bonchev–Trinajstić information content (AvgIpc) is 2.36. The van der Waals surface area contributed by atoms with Crippen molar-refractivity contribution in [2.75, 3.05) is 11.6 Å². The molecule has 2 aromatic rings. The van der Waals surface area contributed by atoms with Gasteiger partial charge in [0.15, 0.2) is 5.82 Å². The second-order valence-corrected chi connectivity index (χ2v) is 6.66. The monoisotopic (exact) mass is 289 g/mol. The molecule has 0 saturated heterocycles. The van der Waals surface area contributed by atoms with Crippen molar-refractivity contribution in [1.29, 1.82) is 5.26 Å². The van der Waals surface area contributed by atoms with Gasteiger partial charge in [-0.3, -0.25) is 0 Å². The Labute approximate surface area is 120 Å². The third kappa shape index (κ3) is 3.15. The number of aromatic nitrogens is 3. The second kappa shape index (κ2) is 5.23. The highest BCUT2D eigenvalue weighted by molar-refractivity contribution is 7.90. The van der Waals surface area contributed by atoms with Crippen molar-refractivity contribution in [2.24, 2.45) is 0 Å². The fraction of sp³-hybridized carbons (Fsp3) is 0.385. The summed E-state index contributed by atoms with van der Waals surface area (Å²) < 4.78 is 11.5. The number of nitriles is 1. The Kier molecular flexibility index (Phi) is 3.79. The fourth-order valence-corrected chi connectivity index (χ4v) is 2.08. The highest BCUT2D eigenvalue weighted by Crippen LogP contribution is 2.23. The summed E-state index contributed by atoms with van der Waals surface area (Å²) in [6, 6.07) is 3.63. The first-order valence-electron chi connectivity index (χ1n) is 5.99. The molecule has 2 heterocycles. The minimum Gasteiger partial charge on any atom is -0.609 e. The second-order valence-electron chi connectivity index (χ2n) is 5.39. The molecule has 0 spiro atoms. The molecule has 0 aromatic carbocycles. The molecule has 0 radical (unpaired) electrons. The first-order valence-corrected chi connectivity index (χ1v) is 7.55. The predicted molar refractivity (Wildman–Crippen MR) is 77.8 cm³/mol. The summed E-state index contributed by atoms with van der Waals surface area (Å²) in [5, 5.41) is 13.2. The number of nitrogens with one attached hydrogen (secondary N) is 1. The number of rotatable bonds is 2. The molecule has 0 aliphatic heterocycles. The maximum Gasteiger partial charge on any atom is 0.343 e. The lowest BCUT2D eigenvalue weighted by atomic mass is 10.1. The summed E-state index contributed by atoms with van der Waals surface area (Å²) in [7, 11) is 0. The van der Waals surface area contributed by atoms with Gasteiger partial charge >= 0.3 is 5.16 Å². The van der Waals surface area contributed by atoms with Crippen LogP contribution >= 0.6 is 0 Å². The van der Waals surface area contributed by atoms with Gasteiger partial charge in [0.2, 0.25) is 0 Å². The van der Waals surface area contributed by atoms with Crippen molar-refractivity contribution in [1.82, 2.24) is 15.0 Å². The molecule has 0 bridgehead atoms. The molecule has 1 atom stereocenters. The zero-order chi connectivity index (χ0) is 14.9. The highest BCUT2D eigenvalue weighted by atomic mass is 32.2. The van der Waals surface area contributed by atoms with E-state index in [1.165, 1.54) is 6.26 Å². The van der Waals surface area contributed by atoms with E-state index in [2.05, 4.69) is 20.3 Å². The molecule has 104 valence electrons. The highest BCUT2D eigenvalue weighted by Gasteiger charge is 2.17. The molecule has 6 nitrogen and oxygen atoms in total. The number of fused-ring (bicyclic) bond motifs is 1. The van der Waals surface area contributed by atoms with E-state index < -0.39 is 11.2 Å². The minimum absolute atomic E-state index is 0.232.